The number of amides is 1. The summed E-state index contributed by atoms with van der Waals surface area (Å²) in [6.07, 6.45) is 6.55. The molecule has 0 aliphatic heterocycles. The normalized spacial score (nSPS) is 17.6. The minimum Gasteiger partial charge on any atom is -0.466 e. The van der Waals surface area contributed by atoms with E-state index in [1.54, 1.807) is 6.92 Å². The molecule has 1 amide bonds. The lowest BCUT2D eigenvalue weighted by atomic mass is 9.79. The van der Waals surface area contributed by atoms with Crippen LogP contribution in [0.15, 0.2) is 0 Å². The zero-order chi connectivity index (χ0) is 15.7. The van der Waals surface area contributed by atoms with Crippen LogP contribution in [-0.4, -0.2) is 30.0 Å². The Morgan fingerprint density at radius 1 is 1.24 bits per heavy atom. The predicted molar refractivity (Wildman–Crippen MR) is 85.8 cm³/mol. The Bertz CT molecular complexity index is 377. The van der Waals surface area contributed by atoms with Crippen molar-refractivity contribution in [2.75, 3.05) is 13.2 Å². The number of thiocarbonyl (C=S) groups is 1. The van der Waals surface area contributed by atoms with Gasteiger partial charge in [0.25, 0.3) is 0 Å². The third-order valence-electron chi connectivity index (χ3n) is 4.01. The van der Waals surface area contributed by atoms with Crippen molar-refractivity contribution in [2.24, 2.45) is 11.1 Å². The van der Waals surface area contributed by atoms with Gasteiger partial charge in [-0.1, -0.05) is 37.9 Å². The van der Waals surface area contributed by atoms with Gasteiger partial charge in [0, 0.05) is 13.0 Å². The molecule has 0 aromatic heterocycles. The Morgan fingerprint density at radius 2 is 1.86 bits per heavy atom. The molecule has 0 aromatic rings. The minimum absolute atomic E-state index is 0.0826. The van der Waals surface area contributed by atoms with Crippen molar-refractivity contribution in [1.29, 1.82) is 0 Å². The number of nitrogens with two attached hydrogens (primary N) is 1. The lowest BCUT2D eigenvalue weighted by Crippen LogP contribution is -2.49. The van der Waals surface area contributed by atoms with Crippen LogP contribution in [0.3, 0.4) is 0 Å². The van der Waals surface area contributed by atoms with E-state index < -0.39 is 5.41 Å². The Hall–Kier alpha value is -1.17. The molecule has 0 spiro atoms. The summed E-state index contributed by atoms with van der Waals surface area (Å²) >= 11 is 5.16. The number of nitrogens with one attached hydrogen (secondary N) is 1. The van der Waals surface area contributed by atoms with Gasteiger partial charge in [0.05, 0.1) is 17.0 Å². The van der Waals surface area contributed by atoms with Gasteiger partial charge in [0.1, 0.15) is 0 Å². The van der Waals surface area contributed by atoms with Gasteiger partial charge in [-0.15, -0.1) is 0 Å². The highest BCUT2D eigenvalue weighted by molar-refractivity contribution is 7.80. The van der Waals surface area contributed by atoms with E-state index >= 15 is 0 Å². The smallest absolute Gasteiger partial charge is 0.305 e. The second kappa shape index (κ2) is 8.97. The van der Waals surface area contributed by atoms with Crippen LogP contribution in [-0.2, 0) is 14.3 Å². The van der Waals surface area contributed by atoms with Crippen molar-refractivity contribution in [1.82, 2.24) is 5.32 Å². The Labute approximate surface area is 132 Å². The summed E-state index contributed by atoms with van der Waals surface area (Å²) in [7, 11) is 0. The van der Waals surface area contributed by atoms with E-state index in [9.17, 15) is 9.59 Å². The molecule has 1 fully saturated rings. The van der Waals surface area contributed by atoms with Crippen LogP contribution < -0.4 is 11.1 Å². The molecular formula is C15H26N2O3S. The predicted octanol–water partition coefficient (Wildman–Crippen LogP) is 2.07. The van der Waals surface area contributed by atoms with Gasteiger partial charge in [0.15, 0.2) is 0 Å². The molecule has 0 bridgehead atoms. The molecule has 0 atom stereocenters. The average Bonchev–Trinajstić information content (AvgIpc) is 2.70. The van der Waals surface area contributed by atoms with Crippen molar-refractivity contribution >= 4 is 29.1 Å². The molecule has 1 rings (SSSR count). The van der Waals surface area contributed by atoms with Crippen LogP contribution in [0.5, 0.6) is 0 Å². The van der Waals surface area contributed by atoms with Crippen LogP contribution in [0, 0.1) is 5.41 Å². The second-order valence-corrected chi connectivity index (χ2v) is 5.96. The summed E-state index contributed by atoms with van der Waals surface area (Å²) in [6.45, 7) is 2.61. The largest absolute Gasteiger partial charge is 0.466 e. The molecule has 6 heteroatoms. The van der Waals surface area contributed by atoms with Gasteiger partial charge >= 0.3 is 5.97 Å². The molecule has 1 aliphatic carbocycles. The van der Waals surface area contributed by atoms with E-state index in [4.69, 9.17) is 22.7 Å². The van der Waals surface area contributed by atoms with Crippen LogP contribution >= 0.6 is 12.2 Å². The summed E-state index contributed by atoms with van der Waals surface area (Å²) in [5.74, 6) is -0.314. The third kappa shape index (κ3) is 5.26. The maximum atomic E-state index is 12.5. The number of hydrogen-bond acceptors (Lipinski definition) is 4. The topological polar surface area (TPSA) is 81.4 Å². The highest BCUT2D eigenvalue weighted by atomic mass is 32.1. The van der Waals surface area contributed by atoms with Crippen LogP contribution in [0.4, 0.5) is 0 Å². The van der Waals surface area contributed by atoms with Gasteiger partial charge in [-0.05, 0) is 26.2 Å². The number of ether oxygens (including phenoxy) is 1. The molecule has 120 valence electrons. The number of hydrogen-bond donors (Lipinski definition) is 2. The van der Waals surface area contributed by atoms with Crippen molar-refractivity contribution in [3.05, 3.63) is 0 Å². The Kier molecular flexibility index (Phi) is 7.64. The minimum atomic E-state index is -0.699. The zero-order valence-corrected chi connectivity index (χ0v) is 13.6. The maximum Gasteiger partial charge on any atom is 0.305 e. The Balaban J connectivity index is 2.46. The molecular weight excluding hydrogens is 288 g/mol. The highest BCUT2D eigenvalue weighted by Crippen LogP contribution is 2.35. The van der Waals surface area contributed by atoms with Gasteiger partial charge in [-0.3, -0.25) is 9.59 Å². The Morgan fingerprint density at radius 3 is 2.38 bits per heavy atom. The standard InChI is InChI=1S/C15H26N2O3S/c1-2-20-12(18)8-7-11-17-14(19)15(13(16)21)9-5-3-4-6-10-15/h2-11H2,1H3,(H2,16,21)(H,17,19). The summed E-state index contributed by atoms with van der Waals surface area (Å²) in [6, 6.07) is 0. The SMILES string of the molecule is CCOC(=O)CCCNC(=O)C1(C(N)=S)CCCCCC1. The summed E-state index contributed by atoms with van der Waals surface area (Å²) < 4.78 is 4.85. The lowest BCUT2D eigenvalue weighted by molar-refractivity contribution is -0.143. The van der Waals surface area contributed by atoms with Crippen molar-refractivity contribution in [3.8, 4) is 0 Å². The first-order valence-corrected chi connectivity index (χ1v) is 8.17. The fraction of sp³-hybridized carbons (Fsp3) is 0.800. The van der Waals surface area contributed by atoms with Gasteiger partial charge < -0.3 is 15.8 Å². The van der Waals surface area contributed by atoms with Crippen LogP contribution in [0.2, 0.25) is 0 Å². The molecule has 0 saturated heterocycles. The molecule has 0 heterocycles. The fourth-order valence-corrected chi connectivity index (χ4v) is 3.05. The molecule has 0 unspecified atom stereocenters. The highest BCUT2D eigenvalue weighted by Gasteiger charge is 2.41. The van der Waals surface area contributed by atoms with Crippen LogP contribution in [0.1, 0.15) is 58.3 Å². The van der Waals surface area contributed by atoms with E-state index in [2.05, 4.69) is 5.32 Å². The van der Waals surface area contributed by atoms with E-state index in [1.807, 2.05) is 0 Å². The summed E-state index contributed by atoms with van der Waals surface area (Å²) in [4.78, 5) is 24.0. The van der Waals surface area contributed by atoms with Crippen molar-refractivity contribution in [3.63, 3.8) is 0 Å². The zero-order valence-electron chi connectivity index (χ0n) is 12.8. The van der Waals surface area contributed by atoms with E-state index in [0.29, 0.717) is 31.0 Å². The molecule has 0 radical (unpaired) electrons. The van der Waals surface area contributed by atoms with Crippen molar-refractivity contribution in [2.45, 2.75) is 58.3 Å². The molecule has 21 heavy (non-hydrogen) atoms. The van der Waals surface area contributed by atoms with Crippen LogP contribution in [0.25, 0.3) is 0 Å². The van der Waals surface area contributed by atoms with E-state index in [-0.39, 0.29) is 11.9 Å². The van der Waals surface area contributed by atoms with Crippen molar-refractivity contribution < 1.29 is 14.3 Å². The number of carbonyl (C=O) groups is 2. The van der Waals surface area contributed by atoms with Gasteiger partial charge in [-0.2, -0.15) is 0 Å². The summed E-state index contributed by atoms with van der Waals surface area (Å²) in [5, 5.41) is 2.89. The van der Waals surface area contributed by atoms with Gasteiger partial charge in [-0.25, -0.2) is 0 Å². The molecule has 0 aromatic carbocycles. The first kappa shape index (κ1) is 17.9. The monoisotopic (exact) mass is 314 g/mol. The number of esters is 1. The van der Waals surface area contributed by atoms with E-state index in [0.717, 1.165) is 38.5 Å². The number of carbonyl (C=O) groups excluding carboxylic acids is 2. The molecule has 3 N–H and O–H groups in total. The molecule has 1 aliphatic rings. The molecule has 5 nitrogen and oxygen atoms in total. The van der Waals surface area contributed by atoms with E-state index in [1.165, 1.54) is 0 Å². The lowest BCUT2D eigenvalue weighted by Gasteiger charge is -2.30. The first-order chi connectivity index (χ1) is 10.0. The number of rotatable bonds is 7. The second-order valence-electron chi connectivity index (χ2n) is 5.53. The molecule has 1 saturated carbocycles. The maximum absolute atomic E-state index is 12.5. The quantitative estimate of drug-likeness (QED) is 0.325. The third-order valence-corrected chi connectivity index (χ3v) is 4.40. The average molecular weight is 314 g/mol. The van der Waals surface area contributed by atoms with Gasteiger partial charge in [0.2, 0.25) is 5.91 Å². The summed E-state index contributed by atoms with van der Waals surface area (Å²) in [5.41, 5.74) is 5.16. The first-order valence-electron chi connectivity index (χ1n) is 7.77. The fourth-order valence-electron chi connectivity index (χ4n) is 2.75.